The highest BCUT2D eigenvalue weighted by molar-refractivity contribution is 7.86. The molecule has 0 bridgehead atoms. The third-order valence-corrected chi connectivity index (χ3v) is 8.57. The fourth-order valence-electron chi connectivity index (χ4n) is 4.64. The molecule has 4 N–H and O–H groups in total. The Balaban J connectivity index is 2.08. The Morgan fingerprint density at radius 3 is 1.95 bits per heavy atom. The van der Waals surface area contributed by atoms with Gasteiger partial charge in [0.2, 0.25) is 5.91 Å². The Morgan fingerprint density at radius 2 is 1.38 bits per heavy atom. The molecule has 15 nitrogen and oxygen atoms in total. The number of pyridine rings is 1. The second-order valence-electron chi connectivity index (χ2n) is 8.79. The monoisotopic (exact) mass is 612 g/mol. The summed E-state index contributed by atoms with van der Waals surface area (Å²) in [4.78, 5) is 36.3. The summed E-state index contributed by atoms with van der Waals surface area (Å²) in [6.45, 7) is 0.353. The van der Waals surface area contributed by atoms with Crippen LogP contribution in [0.5, 0.6) is 0 Å². The standard InChI is InChI=1S/C22H16N2O13S3/c1-9(25)23-10-6-13-11-2-3-12-17-14(22(27)24(21(12)26)4-5-38(28,29)30)8-16(40(34,35)36)20(18(11)17)37-19(13)15(7-10)39(31,32)33/h2-3,6-8H,4-5H2,1H3,(H,23,25)(H,28,29,30)(H,31,32,33)(H,34,35,36). The number of benzene rings is 3. The molecular formula is C22H16N2O13S3. The molecule has 0 atom stereocenters. The van der Waals surface area contributed by atoms with Gasteiger partial charge in [0, 0.05) is 40.7 Å². The molecule has 3 aromatic carbocycles. The van der Waals surface area contributed by atoms with Crippen LogP contribution in [0.3, 0.4) is 0 Å². The van der Waals surface area contributed by atoms with E-state index in [4.69, 9.17) is 8.97 Å². The summed E-state index contributed by atoms with van der Waals surface area (Å²) in [5, 5.41) is 1.27. The number of anilines is 1. The van der Waals surface area contributed by atoms with Crippen LogP contribution < -0.4 is 16.4 Å². The fourth-order valence-corrected chi connectivity index (χ4v) is 6.36. The van der Waals surface area contributed by atoms with Crippen molar-refractivity contribution in [3.63, 3.8) is 0 Å². The Kier molecular flexibility index (Phi) is 6.06. The van der Waals surface area contributed by atoms with E-state index in [1.807, 2.05) is 0 Å². The smallest absolute Gasteiger partial charge is 0.298 e. The first-order valence-electron chi connectivity index (χ1n) is 10.9. The third kappa shape index (κ3) is 4.49. The van der Waals surface area contributed by atoms with Crippen LogP contribution in [-0.4, -0.2) is 55.1 Å². The highest BCUT2D eigenvalue weighted by Crippen LogP contribution is 2.42. The molecule has 0 aliphatic carbocycles. The molecule has 5 aromatic rings. The predicted molar refractivity (Wildman–Crippen MR) is 141 cm³/mol. The number of carbonyl (C=O) groups excluding carboxylic acids is 1. The summed E-state index contributed by atoms with van der Waals surface area (Å²) in [7, 11) is -14.8. The number of fused-ring (bicyclic) bond motifs is 2. The first-order valence-corrected chi connectivity index (χ1v) is 15.4. The van der Waals surface area contributed by atoms with E-state index in [-0.39, 0.29) is 32.6 Å². The summed E-state index contributed by atoms with van der Waals surface area (Å²) >= 11 is 0. The van der Waals surface area contributed by atoms with Crippen molar-refractivity contribution < 1.29 is 48.1 Å². The SMILES string of the molecule is CC(=O)Nc1cc(S(=O)(=O)O)c2oc3c(S(=O)(=O)O)cc4c(=O)n(CCS(=O)(=O)O)c(=O)c5ccc(c2c1)c3c54. The van der Waals surface area contributed by atoms with Crippen LogP contribution >= 0.6 is 0 Å². The van der Waals surface area contributed by atoms with Crippen molar-refractivity contribution in [3.8, 4) is 0 Å². The van der Waals surface area contributed by atoms with Crippen molar-refractivity contribution in [2.45, 2.75) is 23.3 Å². The van der Waals surface area contributed by atoms with Gasteiger partial charge in [-0.2, -0.15) is 25.3 Å². The van der Waals surface area contributed by atoms with Crippen molar-refractivity contribution in [1.29, 1.82) is 0 Å². The average molecular weight is 613 g/mol. The average Bonchev–Trinajstić information content (AvgIpc) is 2.80. The van der Waals surface area contributed by atoms with E-state index < -0.39 is 86.0 Å². The number of aromatic nitrogens is 1. The number of hydrogen-bond donors (Lipinski definition) is 4. The molecule has 40 heavy (non-hydrogen) atoms. The molecular weight excluding hydrogens is 596 g/mol. The number of carbonyl (C=O) groups is 1. The molecule has 0 aliphatic heterocycles. The van der Waals surface area contributed by atoms with Crippen molar-refractivity contribution in [1.82, 2.24) is 4.57 Å². The minimum atomic E-state index is -5.19. The van der Waals surface area contributed by atoms with E-state index in [1.165, 1.54) is 18.2 Å². The predicted octanol–water partition coefficient (Wildman–Crippen LogP) is 1.19. The molecule has 0 aliphatic rings. The van der Waals surface area contributed by atoms with Crippen LogP contribution in [0.4, 0.5) is 5.69 Å². The molecule has 2 heterocycles. The second kappa shape index (κ2) is 8.78. The molecule has 2 aromatic heterocycles. The number of nitrogens with zero attached hydrogens (tertiary/aromatic N) is 1. The number of nitrogens with one attached hydrogen (secondary N) is 1. The lowest BCUT2D eigenvalue weighted by atomic mass is 9.96. The van der Waals surface area contributed by atoms with Crippen LogP contribution in [0.25, 0.3) is 43.5 Å². The Labute approximate surface area is 223 Å². The van der Waals surface area contributed by atoms with Gasteiger partial charge in [-0.15, -0.1) is 0 Å². The quantitative estimate of drug-likeness (QED) is 0.120. The van der Waals surface area contributed by atoms with E-state index in [1.54, 1.807) is 0 Å². The molecule has 0 saturated carbocycles. The van der Waals surface area contributed by atoms with Crippen LogP contribution in [0.1, 0.15) is 6.92 Å². The molecule has 0 spiro atoms. The molecule has 0 unspecified atom stereocenters. The van der Waals surface area contributed by atoms with Crippen molar-refractivity contribution in [3.05, 3.63) is 51.0 Å². The van der Waals surface area contributed by atoms with Gasteiger partial charge in [0.05, 0.1) is 11.1 Å². The zero-order chi connectivity index (χ0) is 29.5. The van der Waals surface area contributed by atoms with E-state index in [0.29, 0.717) is 10.6 Å². The summed E-state index contributed by atoms with van der Waals surface area (Å²) in [5.74, 6) is -1.61. The number of amides is 1. The normalized spacial score (nSPS) is 13.1. The topological polar surface area (TPSA) is 244 Å². The molecule has 1 amide bonds. The molecule has 5 rings (SSSR count). The van der Waals surface area contributed by atoms with Gasteiger partial charge in [-0.05, 0) is 29.7 Å². The van der Waals surface area contributed by atoms with Crippen LogP contribution in [0, 0.1) is 0 Å². The zero-order valence-corrected chi connectivity index (χ0v) is 22.3. The lowest BCUT2D eigenvalue weighted by molar-refractivity contribution is -0.114. The Hall–Kier alpha value is -3.94. The van der Waals surface area contributed by atoms with Gasteiger partial charge in [-0.25, -0.2) is 0 Å². The maximum absolute atomic E-state index is 13.3. The lowest BCUT2D eigenvalue weighted by Crippen LogP contribution is -2.35. The second-order valence-corrected chi connectivity index (χ2v) is 13.1. The lowest BCUT2D eigenvalue weighted by Gasteiger charge is -2.17. The van der Waals surface area contributed by atoms with E-state index in [9.17, 15) is 48.7 Å². The molecule has 0 fully saturated rings. The van der Waals surface area contributed by atoms with Crippen molar-refractivity contribution in [2.24, 2.45) is 0 Å². The first kappa shape index (κ1) is 27.6. The Morgan fingerprint density at radius 1 is 0.800 bits per heavy atom. The van der Waals surface area contributed by atoms with Gasteiger partial charge in [0.1, 0.15) is 9.79 Å². The summed E-state index contributed by atoms with van der Waals surface area (Å²) < 4.78 is 107. The van der Waals surface area contributed by atoms with Gasteiger partial charge >= 0.3 is 0 Å². The van der Waals surface area contributed by atoms with Crippen LogP contribution in [0.2, 0.25) is 0 Å². The molecule has 0 saturated heterocycles. The van der Waals surface area contributed by atoms with Crippen LogP contribution in [-0.2, 0) is 41.7 Å². The van der Waals surface area contributed by atoms with E-state index in [0.717, 1.165) is 13.0 Å². The highest BCUT2D eigenvalue weighted by atomic mass is 32.2. The molecule has 210 valence electrons. The van der Waals surface area contributed by atoms with Gasteiger partial charge < -0.3 is 9.73 Å². The maximum atomic E-state index is 13.3. The van der Waals surface area contributed by atoms with Crippen molar-refractivity contribution in [2.75, 3.05) is 11.1 Å². The fraction of sp³-hybridized carbons (Fsp3) is 0.136. The van der Waals surface area contributed by atoms with Gasteiger partial charge in [-0.1, -0.05) is 6.07 Å². The maximum Gasteiger partial charge on any atom is 0.298 e. The summed E-state index contributed by atoms with van der Waals surface area (Å²) in [6, 6.07) is 5.24. The number of rotatable bonds is 6. The molecule has 18 heteroatoms. The minimum absolute atomic E-state index is 0.00541. The Bertz CT molecular complexity index is 2390. The minimum Gasteiger partial charge on any atom is -0.453 e. The van der Waals surface area contributed by atoms with Gasteiger partial charge in [0.25, 0.3) is 41.5 Å². The van der Waals surface area contributed by atoms with E-state index in [2.05, 4.69) is 5.32 Å². The summed E-state index contributed by atoms with van der Waals surface area (Å²) in [5.41, 5.74) is -3.47. The summed E-state index contributed by atoms with van der Waals surface area (Å²) in [6.07, 6.45) is 0. The largest absolute Gasteiger partial charge is 0.453 e. The van der Waals surface area contributed by atoms with E-state index >= 15 is 0 Å². The first-order chi connectivity index (χ1) is 18.4. The zero-order valence-electron chi connectivity index (χ0n) is 19.9. The van der Waals surface area contributed by atoms with Gasteiger partial charge in [-0.3, -0.25) is 32.6 Å². The van der Waals surface area contributed by atoms with Gasteiger partial charge in [0.15, 0.2) is 11.2 Å². The van der Waals surface area contributed by atoms with Crippen molar-refractivity contribution >= 4 is 85.4 Å². The number of hydrogen-bond acceptors (Lipinski definition) is 10. The highest BCUT2D eigenvalue weighted by Gasteiger charge is 2.28. The van der Waals surface area contributed by atoms with Crippen LogP contribution in [0.15, 0.2) is 54.1 Å². The molecule has 0 radical (unpaired) electrons. The third-order valence-electron chi connectivity index (χ3n) is 6.15.